The van der Waals surface area contributed by atoms with E-state index in [1.165, 1.54) is 0 Å². The first-order valence-electron chi connectivity index (χ1n) is 6.84. The number of alkyl halides is 1. The molecule has 21 heavy (non-hydrogen) atoms. The van der Waals surface area contributed by atoms with Crippen molar-refractivity contribution in [1.82, 2.24) is 4.90 Å². The van der Waals surface area contributed by atoms with Crippen LogP contribution in [0, 0.1) is 0 Å². The molecule has 1 aliphatic rings. The summed E-state index contributed by atoms with van der Waals surface area (Å²) in [4.78, 5) is 22.2. The number of likely N-dealkylation sites (tertiary alicyclic amines) is 1. The van der Waals surface area contributed by atoms with Crippen LogP contribution >= 0.6 is 0 Å². The molecule has 124 valence electrons. The maximum Gasteiger partial charge on any atom is 0.509 e. The zero-order chi connectivity index (χ0) is 16.8. The van der Waals surface area contributed by atoms with Crippen molar-refractivity contribution in [3.8, 4) is 0 Å². The highest BCUT2D eigenvalue weighted by molar-refractivity contribution is 5.65. The summed E-state index contributed by atoms with van der Waals surface area (Å²) >= 11 is 0. The SMILES string of the molecule is CC(C)(C)OC(=O)OC(C)(C)C.O=C(O)N1CCC(F)C1. The predicted molar refractivity (Wildman–Crippen MR) is 76.2 cm³/mol. The monoisotopic (exact) mass is 307 g/mol. The minimum absolute atomic E-state index is 0.0509. The van der Waals surface area contributed by atoms with Gasteiger partial charge in [-0.05, 0) is 48.0 Å². The highest BCUT2D eigenvalue weighted by atomic mass is 19.1. The van der Waals surface area contributed by atoms with Gasteiger partial charge in [0.05, 0.1) is 6.54 Å². The molecule has 1 aliphatic heterocycles. The quantitative estimate of drug-likeness (QED) is 0.694. The second-order valence-corrected chi connectivity index (χ2v) is 6.79. The second kappa shape index (κ2) is 7.47. The molecule has 1 saturated heterocycles. The van der Waals surface area contributed by atoms with Crippen LogP contribution in [-0.2, 0) is 9.47 Å². The Bertz CT molecular complexity index is 341. The number of ether oxygens (including phenoxy) is 2. The highest BCUT2D eigenvalue weighted by Gasteiger charge is 2.25. The molecule has 0 saturated carbocycles. The van der Waals surface area contributed by atoms with Crippen LogP contribution in [0.3, 0.4) is 0 Å². The lowest BCUT2D eigenvalue weighted by Gasteiger charge is -2.24. The van der Waals surface area contributed by atoms with Gasteiger partial charge in [-0.3, -0.25) is 0 Å². The number of rotatable bonds is 0. The van der Waals surface area contributed by atoms with Gasteiger partial charge in [0.25, 0.3) is 0 Å². The van der Waals surface area contributed by atoms with Crippen LogP contribution in [0.2, 0.25) is 0 Å². The molecule has 0 radical (unpaired) electrons. The van der Waals surface area contributed by atoms with E-state index >= 15 is 0 Å². The number of hydrogen-bond acceptors (Lipinski definition) is 4. The molecule has 1 atom stereocenters. The van der Waals surface area contributed by atoms with E-state index in [0.29, 0.717) is 13.0 Å². The summed E-state index contributed by atoms with van der Waals surface area (Å²) in [5.74, 6) is 0. The van der Waals surface area contributed by atoms with Crippen molar-refractivity contribution in [1.29, 1.82) is 0 Å². The van der Waals surface area contributed by atoms with Gasteiger partial charge < -0.3 is 19.5 Å². The summed E-state index contributed by atoms with van der Waals surface area (Å²) in [7, 11) is 0. The van der Waals surface area contributed by atoms with Gasteiger partial charge in [-0.15, -0.1) is 0 Å². The fourth-order valence-electron chi connectivity index (χ4n) is 1.41. The Hall–Kier alpha value is -1.53. The molecule has 1 amide bonds. The number of amides is 1. The average molecular weight is 307 g/mol. The number of carboxylic acid groups (broad SMARTS) is 1. The molecule has 0 bridgehead atoms. The molecule has 0 aromatic carbocycles. The van der Waals surface area contributed by atoms with E-state index < -0.39 is 29.6 Å². The van der Waals surface area contributed by atoms with Crippen molar-refractivity contribution in [2.75, 3.05) is 13.1 Å². The van der Waals surface area contributed by atoms with Gasteiger partial charge >= 0.3 is 12.2 Å². The van der Waals surface area contributed by atoms with Gasteiger partial charge in [0.1, 0.15) is 17.4 Å². The van der Waals surface area contributed by atoms with Crippen molar-refractivity contribution >= 4 is 12.2 Å². The second-order valence-electron chi connectivity index (χ2n) is 6.79. The molecule has 1 rings (SSSR count). The standard InChI is InChI=1S/C9H18O3.C5H8FNO2/c1-8(2,3)11-7(10)12-9(4,5)6;6-4-1-2-7(3-4)5(8)9/h1-6H3;4H,1-3H2,(H,8,9). The summed E-state index contributed by atoms with van der Waals surface area (Å²) in [6, 6.07) is 0. The fourth-order valence-corrected chi connectivity index (χ4v) is 1.41. The summed E-state index contributed by atoms with van der Waals surface area (Å²) in [5.41, 5.74) is -0.968. The van der Waals surface area contributed by atoms with E-state index in [1.54, 1.807) is 41.5 Å². The lowest BCUT2D eigenvalue weighted by molar-refractivity contribution is -0.0468. The van der Waals surface area contributed by atoms with E-state index in [2.05, 4.69) is 0 Å². The van der Waals surface area contributed by atoms with Crippen molar-refractivity contribution < 1.29 is 28.6 Å². The molecule has 1 unspecified atom stereocenters. The number of nitrogens with zero attached hydrogens (tertiary/aromatic N) is 1. The van der Waals surface area contributed by atoms with Crippen molar-refractivity contribution in [2.45, 2.75) is 65.3 Å². The zero-order valence-corrected chi connectivity index (χ0v) is 13.6. The molecule has 0 aromatic rings. The Labute approximate surface area is 125 Å². The Morgan fingerprint density at radius 2 is 1.52 bits per heavy atom. The Kier molecular flexibility index (Phi) is 6.93. The van der Waals surface area contributed by atoms with Crippen LogP contribution in [0.15, 0.2) is 0 Å². The van der Waals surface area contributed by atoms with Gasteiger partial charge in [0, 0.05) is 6.54 Å². The van der Waals surface area contributed by atoms with E-state index in [4.69, 9.17) is 14.6 Å². The summed E-state index contributed by atoms with van der Waals surface area (Å²) in [5, 5.41) is 8.29. The van der Waals surface area contributed by atoms with Crippen molar-refractivity contribution in [3.05, 3.63) is 0 Å². The highest BCUT2D eigenvalue weighted by Crippen LogP contribution is 2.13. The smallest absolute Gasteiger partial charge is 0.465 e. The van der Waals surface area contributed by atoms with Crippen LogP contribution < -0.4 is 0 Å². The van der Waals surface area contributed by atoms with Crippen LogP contribution in [0.25, 0.3) is 0 Å². The number of halogens is 1. The van der Waals surface area contributed by atoms with Gasteiger partial charge in [0.2, 0.25) is 0 Å². The topological polar surface area (TPSA) is 76.1 Å². The number of hydrogen-bond donors (Lipinski definition) is 1. The van der Waals surface area contributed by atoms with Gasteiger partial charge in [-0.25, -0.2) is 14.0 Å². The largest absolute Gasteiger partial charge is 0.509 e. The minimum Gasteiger partial charge on any atom is -0.465 e. The Morgan fingerprint density at radius 1 is 1.10 bits per heavy atom. The summed E-state index contributed by atoms with van der Waals surface area (Å²) in [6.07, 6.45) is -2.22. The predicted octanol–water partition coefficient (Wildman–Crippen LogP) is 3.44. The van der Waals surface area contributed by atoms with Crippen LogP contribution in [0.4, 0.5) is 14.0 Å². The maximum atomic E-state index is 12.2. The van der Waals surface area contributed by atoms with E-state index in [9.17, 15) is 14.0 Å². The molecule has 0 spiro atoms. The third kappa shape index (κ3) is 10.9. The summed E-state index contributed by atoms with van der Waals surface area (Å²) < 4.78 is 22.1. The van der Waals surface area contributed by atoms with Crippen LogP contribution in [0.1, 0.15) is 48.0 Å². The van der Waals surface area contributed by atoms with Crippen LogP contribution in [-0.4, -0.2) is 52.7 Å². The minimum atomic E-state index is -1.02. The van der Waals surface area contributed by atoms with Crippen molar-refractivity contribution in [3.63, 3.8) is 0 Å². The zero-order valence-electron chi connectivity index (χ0n) is 13.6. The molecule has 6 nitrogen and oxygen atoms in total. The first kappa shape index (κ1) is 19.5. The first-order valence-corrected chi connectivity index (χ1v) is 6.84. The molecule has 1 N–H and O–H groups in total. The van der Waals surface area contributed by atoms with E-state index in [1.807, 2.05) is 0 Å². The average Bonchev–Trinajstić information content (AvgIpc) is 2.59. The Balaban J connectivity index is 0.000000394. The normalized spacial score (nSPS) is 18.6. The molecule has 1 fully saturated rings. The van der Waals surface area contributed by atoms with Gasteiger partial charge in [-0.2, -0.15) is 0 Å². The molecule has 0 aromatic heterocycles. The van der Waals surface area contributed by atoms with Gasteiger partial charge in [-0.1, -0.05) is 0 Å². The van der Waals surface area contributed by atoms with Crippen molar-refractivity contribution in [2.24, 2.45) is 0 Å². The molecular weight excluding hydrogens is 281 g/mol. The number of carbonyl (C=O) groups excluding carboxylic acids is 1. The first-order chi connectivity index (χ1) is 9.30. The third-order valence-electron chi connectivity index (χ3n) is 2.18. The molecule has 1 heterocycles. The molecule has 0 aliphatic carbocycles. The number of carbonyl (C=O) groups is 2. The molecular formula is C14H26FNO5. The third-order valence-corrected chi connectivity index (χ3v) is 2.18. The fraction of sp³-hybridized carbons (Fsp3) is 0.857. The Morgan fingerprint density at radius 3 is 1.71 bits per heavy atom. The lowest BCUT2D eigenvalue weighted by atomic mass is 10.2. The van der Waals surface area contributed by atoms with Crippen LogP contribution in [0.5, 0.6) is 0 Å². The van der Waals surface area contributed by atoms with E-state index in [-0.39, 0.29) is 6.54 Å². The maximum absolute atomic E-state index is 12.2. The molecule has 7 heteroatoms. The van der Waals surface area contributed by atoms with E-state index in [0.717, 1.165) is 4.90 Å². The lowest BCUT2D eigenvalue weighted by Crippen LogP contribution is -2.30. The summed E-state index contributed by atoms with van der Waals surface area (Å²) in [6.45, 7) is 11.2. The van der Waals surface area contributed by atoms with Gasteiger partial charge in [0.15, 0.2) is 0 Å².